The summed E-state index contributed by atoms with van der Waals surface area (Å²) in [6.07, 6.45) is 3.06. The second-order valence-electron chi connectivity index (χ2n) is 10.9. The first-order chi connectivity index (χ1) is 16.0. The molecule has 0 unspecified atom stereocenters. The van der Waals surface area contributed by atoms with Crippen molar-refractivity contribution >= 4 is 32.6 Å². The molecule has 0 bridgehead atoms. The van der Waals surface area contributed by atoms with Crippen molar-refractivity contribution in [3.8, 4) is 0 Å². The van der Waals surface area contributed by atoms with Crippen molar-refractivity contribution in [3.63, 3.8) is 0 Å². The van der Waals surface area contributed by atoms with Gasteiger partial charge in [-0.05, 0) is 83.5 Å². The zero-order valence-corrected chi connectivity index (χ0v) is 21.7. The van der Waals surface area contributed by atoms with Gasteiger partial charge in [-0.25, -0.2) is 4.98 Å². The average Bonchev–Trinajstić information content (AvgIpc) is 3.40. The van der Waals surface area contributed by atoms with Crippen LogP contribution in [0.15, 0.2) is 46.9 Å². The summed E-state index contributed by atoms with van der Waals surface area (Å²) in [5, 5.41) is 3.48. The molecule has 1 N–H and O–H groups in total. The van der Waals surface area contributed by atoms with Crippen LogP contribution in [0.5, 0.6) is 0 Å². The molecule has 1 aliphatic rings. The summed E-state index contributed by atoms with van der Waals surface area (Å²) in [7, 11) is 0. The van der Waals surface area contributed by atoms with E-state index in [0.717, 1.165) is 21.5 Å². The van der Waals surface area contributed by atoms with Crippen molar-refractivity contribution in [3.05, 3.63) is 81.8 Å². The summed E-state index contributed by atoms with van der Waals surface area (Å²) in [6.45, 7) is 13.6. The third-order valence-corrected chi connectivity index (χ3v) is 8.34. The van der Waals surface area contributed by atoms with Gasteiger partial charge >= 0.3 is 0 Å². The highest BCUT2D eigenvalue weighted by atomic mass is 32.1. The normalized spacial score (nSPS) is 16.4. The number of para-hydroxylation sites is 1. The zero-order valence-electron chi connectivity index (χ0n) is 20.8. The van der Waals surface area contributed by atoms with E-state index in [1.54, 1.807) is 6.07 Å². The number of rotatable bonds is 4. The number of aromatic nitrogens is 1. The molecule has 1 amide bonds. The Morgan fingerprint density at radius 1 is 1.00 bits per heavy atom. The number of hydrogen-bond acceptors (Lipinski definition) is 4. The molecule has 0 aliphatic heterocycles. The second kappa shape index (κ2) is 8.09. The molecule has 0 saturated heterocycles. The summed E-state index contributed by atoms with van der Waals surface area (Å²) < 4.78 is 7.04. The molecule has 0 spiro atoms. The Bertz CT molecular complexity index is 1410. The number of carbonyl (C=O) groups excluding carboxylic acids is 1. The predicted molar refractivity (Wildman–Crippen MR) is 140 cm³/mol. The molecule has 0 fully saturated rings. The van der Waals surface area contributed by atoms with Crippen molar-refractivity contribution in [2.75, 3.05) is 5.32 Å². The van der Waals surface area contributed by atoms with Crippen LogP contribution in [0.2, 0.25) is 0 Å². The van der Waals surface area contributed by atoms with Gasteiger partial charge in [-0.2, -0.15) is 0 Å². The Morgan fingerprint density at radius 2 is 1.71 bits per heavy atom. The number of fused-ring (bicyclic) bond motifs is 2. The van der Waals surface area contributed by atoms with Gasteiger partial charge in [0.15, 0.2) is 10.9 Å². The Hall–Kier alpha value is -2.92. The van der Waals surface area contributed by atoms with Crippen molar-refractivity contribution in [2.45, 2.75) is 71.6 Å². The fraction of sp³-hybridized carbons (Fsp3) is 0.379. The third kappa shape index (κ3) is 4.07. The Kier molecular flexibility index (Phi) is 5.44. The van der Waals surface area contributed by atoms with Gasteiger partial charge in [-0.1, -0.05) is 63.3 Å². The summed E-state index contributed by atoms with van der Waals surface area (Å²) in [5.74, 6) is 0.831. The number of furan rings is 1. The van der Waals surface area contributed by atoms with Crippen LogP contribution >= 0.6 is 11.3 Å². The average molecular weight is 473 g/mol. The largest absolute Gasteiger partial charge is 0.456 e. The van der Waals surface area contributed by atoms with Crippen molar-refractivity contribution in [1.29, 1.82) is 0 Å². The van der Waals surface area contributed by atoms with E-state index in [1.165, 1.54) is 46.4 Å². The molecule has 5 heteroatoms. The molecule has 4 nitrogen and oxygen atoms in total. The van der Waals surface area contributed by atoms with Crippen LogP contribution in [0, 0.1) is 13.8 Å². The molecular formula is C29H32N2O2S. The molecule has 5 rings (SSSR count). The standard InChI is InChI=1S/C29H32N2O2S/c1-17-8-7-9-24-25(17)30-27(34-24)31-26(32)23-11-10-20(33-23)15-19-16-22-21(14-18(19)2)28(3,4)12-13-29(22,5)6/h7-11,14,16H,12-13,15H2,1-6H3,(H,30,31,32). The van der Waals surface area contributed by atoms with Crippen molar-refractivity contribution in [1.82, 2.24) is 4.98 Å². The fourth-order valence-electron chi connectivity index (χ4n) is 5.04. The van der Waals surface area contributed by atoms with Crippen LogP contribution in [-0.2, 0) is 17.3 Å². The van der Waals surface area contributed by atoms with E-state index in [9.17, 15) is 4.79 Å². The summed E-state index contributed by atoms with van der Waals surface area (Å²) in [5.41, 5.74) is 7.83. The van der Waals surface area contributed by atoms with E-state index < -0.39 is 0 Å². The topological polar surface area (TPSA) is 55.1 Å². The van der Waals surface area contributed by atoms with Gasteiger partial charge in [0.25, 0.3) is 5.91 Å². The lowest BCUT2D eigenvalue weighted by Gasteiger charge is -2.42. The molecular weight excluding hydrogens is 440 g/mol. The molecule has 0 atom stereocenters. The van der Waals surface area contributed by atoms with Gasteiger partial charge in [0, 0.05) is 6.42 Å². The molecule has 2 heterocycles. The summed E-state index contributed by atoms with van der Waals surface area (Å²) >= 11 is 1.47. The molecule has 34 heavy (non-hydrogen) atoms. The van der Waals surface area contributed by atoms with Gasteiger partial charge in [-0.3, -0.25) is 10.1 Å². The monoisotopic (exact) mass is 472 g/mol. The van der Waals surface area contributed by atoms with Crippen molar-refractivity contribution in [2.24, 2.45) is 0 Å². The lowest BCUT2D eigenvalue weighted by molar-refractivity contribution is 0.0995. The van der Waals surface area contributed by atoms with Gasteiger partial charge < -0.3 is 4.42 Å². The van der Waals surface area contributed by atoms with Gasteiger partial charge in [0.1, 0.15) is 5.76 Å². The van der Waals surface area contributed by atoms with Crippen LogP contribution < -0.4 is 5.32 Å². The van der Waals surface area contributed by atoms with Crippen LogP contribution in [0.3, 0.4) is 0 Å². The number of carbonyl (C=O) groups is 1. The van der Waals surface area contributed by atoms with Gasteiger partial charge in [0.2, 0.25) is 0 Å². The first kappa shape index (κ1) is 22.9. The highest BCUT2D eigenvalue weighted by molar-refractivity contribution is 7.22. The van der Waals surface area contributed by atoms with E-state index in [-0.39, 0.29) is 16.7 Å². The van der Waals surface area contributed by atoms with Crippen LogP contribution in [0.4, 0.5) is 5.13 Å². The summed E-state index contributed by atoms with van der Waals surface area (Å²) in [6, 6.07) is 14.5. The number of anilines is 1. The second-order valence-corrected chi connectivity index (χ2v) is 12.0. The first-order valence-corrected chi connectivity index (χ1v) is 12.8. The SMILES string of the molecule is Cc1cc2c(cc1Cc1ccc(C(=O)Nc3nc4c(C)cccc4s3)o1)C(C)(C)CCC2(C)C. The fourth-order valence-corrected chi connectivity index (χ4v) is 5.98. The molecule has 4 aromatic rings. The van der Waals surface area contributed by atoms with Gasteiger partial charge in [-0.15, -0.1) is 0 Å². The van der Waals surface area contributed by atoms with Crippen LogP contribution in [0.25, 0.3) is 10.2 Å². The molecule has 2 aromatic heterocycles. The maximum absolute atomic E-state index is 12.8. The first-order valence-electron chi connectivity index (χ1n) is 11.9. The molecule has 176 valence electrons. The molecule has 0 radical (unpaired) electrons. The minimum atomic E-state index is -0.270. The van der Waals surface area contributed by atoms with E-state index in [0.29, 0.717) is 17.3 Å². The highest BCUT2D eigenvalue weighted by Gasteiger charge is 2.37. The number of thiazole rings is 1. The maximum atomic E-state index is 12.8. The number of aryl methyl sites for hydroxylation is 2. The minimum absolute atomic E-state index is 0.164. The van der Waals surface area contributed by atoms with Crippen LogP contribution in [-0.4, -0.2) is 10.9 Å². The predicted octanol–water partition coefficient (Wildman–Crippen LogP) is 7.70. The lowest BCUT2D eigenvalue weighted by atomic mass is 9.62. The number of amides is 1. The van der Waals surface area contributed by atoms with E-state index >= 15 is 0 Å². The number of benzene rings is 2. The third-order valence-electron chi connectivity index (χ3n) is 7.40. The van der Waals surface area contributed by atoms with Gasteiger partial charge in [0.05, 0.1) is 10.2 Å². The molecule has 2 aromatic carbocycles. The van der Waals surface area contributed by atoms with Crippen LogP contribution in [0.1, 0.15) is 84.7 Å². The quantitative estimate of drug-likeness (QED) is 0.331. The smallest absolute Gasteiger partial charge is 0.293 e. The number of nitrogens with zero attached hydrogens (tertiary/aromatic N) is 1. The van der Waals surface area contributed by atoms with E-state index in [4.69, 9.17) is 4.42 Å². The highest BCUT2D eigenvalue weighted by Crippen LogP contribution is 2.46. The number of nitrogens with one attached hydrogen (secondary N) is 1. The zero-order chi connectivity index (χ0) is 24.3. The maximum Gasteiger partial charge on any atom is 0.293 e. The molecule has 0 saturated carbocycles. The lowest BCUT2D eigenvalue weighted by Crippen LogP contribution is -2.34. The minimum Gasteiger partial charge on any atom is -0.456 e. The van der Waals surface area contributed by atoms with E-state index in [2.05, 4.69) is 57.1 Å². The van der Waals surface area contributed by atoms with Crippen molar-refractivity contribution < 1.29 is 9.21 Å². The Balaban J connectivity index is 1.37. The summed E-state index contributed by atoms with van der Waals surface area (Å²) in [4.78, 5) is 17.4. The molecule has 1 aliphatic carbocycles. The Labute approximate surface area is 205 Å². The number of hydrogen-bond donors (Lipinski definition) is 1. The Morgan fingerprint density at radius 3 is 2.41 bits per heavy atom. The van der Waals surface area contributed by atoms with E-state index in [1.807, 2.05) is 31.2 Å².